The lowest BCUT2D eigenvalue weighted by molar-refractivity contribution is 0.614. The highest BCUT2D eigenvalue weighted by molar-refractivity contribution is 9.10. The molecule has 0 aliphatic heterocycles. The first-order valence-corrected chi connectivity index (χ1v) is 5.67. The molecule has 0 atom stereocenters. The van der Waals surface area contributed by atoms with E-state index in [1.165, 1.54) is 12.1 Å². The van der Waals surface area contributed by atoms with E-state index in [2.05, 4.69) is 26.0 Å². The van der Waals surface area contributed by atoms with E-state index < -0.39 is 0 Å². The largest absolute Gasteiger partial charge is 0.246 e. The van der Waals surface area contributed by atoms with Crippen molar-refractivity contribution in [2.75, 3.05) is 0 Å². The molecule has 0 N–H and O–H groups in total. The minimum absolute atomic E-state index is 0.251. The van der Waals surface area contributed by atoms with Crippen LogP contribution in [0.2, 0.25) is 0 Å². The van der Waals surface area contributed by atoms with Crippen molar-refractivity contribution in [3.8, 4) is 0 Å². The fourth-order valence-corrected chi connectivity index (χ4v) is 2.10. The Morgan fingerprint density at radius 3 is 2.62 bits per heavy atom. The van der Waals surface area contributed by atoms with Crippen molar-refractivity contribution >= 4 is 15.9 Å². The number of hydrogen-bond donors (Lipinski definition) is 0. The van der Waals surface area contributed by atoms with E-state index in [0.717, 1.165) is 21.7 Å². The van der Waals surface area contributed by atoms with Crippen LogP contribution in [0, 0.1) is 19.7 Å². The van der Waals surface area contributed by atoms with Gasteiger partial charge in [-0.1, -0.05) is 15.9 Å². The second-order valence-electron chi connectivity index (χ2n) is 3.64. The predicted octanol–water partition coefficient (Wildman–Crippen LogP) is 2.84. The number of aromatic nitrogens is 3. The summed E-state index contributed by atoms with van der Waals surface area (Å²) in [6, 6.07) is 4.81. The Morgan fingerprint density at radius 1 is 1.31 bits per heavy atom. The van der Waals surface area contributed by atoms with Gasteiger partial charge in [0.05, 0.1) is 6.54 Å². The Labute approximate surface area is 101 Å². The van der Waals surface area contributed by atoms with Crippen LogP contribution >= 0.6 is 15.9 Å². The van der Waals surface area contributed by atoms with Crippen LogP contribution in [0.4, 0.5) is 4.39 Å². The molecule has 1 aromatic heterocycles. The quantitative estimate of drug-likeness (QED) is 0.849. The summed E-state index contributed by atoms with van der Waals surface area (Å²) in [6.07, 6.45) is 0. The molecule has 0 amide bonds. The van der Waals surface area contributed by atoms with E-state index in [0.29, 0.717) is 6.54 Å². The fourth-order valence-electron chi connectivity index (χ4n) is 1.59. The first kappa shape index (κ1) is 11.3. The summed E-state index contributed by atoms with van der Waals surface area (Å²) in [5, 5.41) is 4.23. The Kier molecular flexibility index (Phi) is 3.05. The number of nitrogens with zero attached hydrogens (tertiary/aromatic N) is 3. The number of hydrogen-bond acceptors (Lipinski definition) is 2. The normalized spacial score (nSPS) is 10.8. The zero-order valence-corrected chi connectivity index (χ0v) is 10.6. The molecule has 0 saturated heterocycles. The predicted molar refractivity (Wildman–Crippen MR) is 62.7 cm³/mol. The Bertz CT molecular complexity index is 502. The molecule has 5 heteroatoms. The summed E-state index contributed by atoms with van der Waals surface area (Å²) in [6.45, 7) is 4.25. The molecule has 0 aliphatic carbocycles. The van der Waals surface area contributed by atoms with Gasteiger partial charge in [0.1, 0.15) is 17.5 Å². The van der Waals surface area contributed by atoms with E-state index >= 15 is 0 Å². The van der Waals surface area contributed by atoms with Crippen molar-refractivity contribution in [1.29, 1.82) is 0 Å². The lowest BCUT2D eigenvalue weighted by Crippen LogP contribution is -2.04. The van der Waals surface area contributed by atoms with Gasteiger partial charge in [-0.2, -0.15) is 5.10 Å². The van der Waals surface area contributed by atoms with Crippen LogP contribution in [0.25, 0.3) is 0 Å². The van der Waals surface area contributed by atoms with Crippen molar-refractivity contribution in [2.45, 2.75) is 20.4 Å². The molecule has 0 bridgehead atoms. The molecule has 0 fully saturated rings. The number of aryl methyl sites for hydroxylation is 2. The summed E-state index contributed by atoms with van der Waals surface area (Å²) in [7, 11) is 0. The van der Waals surface area contributed by atoms with Gasteiger partial charge in [-0.25, -0.2) is 14.1 Å². The third kappa shape index (κ3) is 2.47. The molecule has 16 heavy (non-hydrogen) atoms. The molecular formula is C11H11BrFN3. The molecule has 0 unspecified atom stereocenters. The third-order valence-corrected chi connectivity index (χ3v) is 2.68. The van der Waals surface area contributed by atoms with Crippen LogP contribution in [0.5, 0.6) is 0 Å². The highest BCUT2D eigenvalue weighted by Gasteiger charge is 2.05. The minimum atomic E-state index is -0.251. The summed E-state index contributed by atoms with van der Waals surface area (Å²) >= 11 is 3.26. The monoisotopic (exact) mass is 283 g/mol. The highest BCUT2D eigenvalue weighted by Crippen LogP contribution is 2.16. The molecule has 2 rings (SSSR count). The zero-order chi connectivity index (χ0) is 11.7. The minimum Gasteiger partial charge on any atom is -0.246 e. The van der Waals surface area contributed by atoms with Crippen molar-refractivity contribution in [2.24, 2.45) is 0 Å². The third-order valence-electron chi connectivity index (χ3n) is 2.22. The Morgan fingerprint density at radius 2 is 2.06 bits per heavy atom. The van der Waals surface area contributed by atoms with Crippen LogP contribution in [0.1, 0.15) is 17.2 Å². The molecule has 0 aliphatic rings. The standard InChI is InChI=1S/C11H11BrFN3/c1-7-14-8(2)16(15-7)6-9-3-10(12)5-11(13)4-9/h3-5H,6H2,1-2H3. The van der Waals surface area contributed by atoms with Gasteiger partial charge in [-0.05, 0) is 37.6 Å². The number of benzene rings is 1. The molecule has 0 spiro atoms. The molecule has 1 heterocycles. The SMILES string of the molecule is Cc1nc(C)n(Cc2cc(F)cc(Br)c2)n1. The Hall–Kier alpha value is -1.23. The number of halogens is 2. The van der Waals surface area contributed by atoms with Crippen LogP contribution in [0.15, 0.2) is 22.7 Å². The van der Waals surface area contributed by atoms with E-state index in [4.69, 9.17) is 0 Å². The van der Waals surface area contributed by atoms with Crippen molar-refractivity contribution in [3.05, 3.63) is 45.7 Å². The van der Waals surface area contributed by atoms with Crippen LogP contribution in [-0.4, -0.2) is 14.8 Å². The van der Waals surface area contributed by atoms with Crippen LogP contribution in [-0.2, 0) is 6.54 Å². The molecule has 0 radical (unpaired) electrons. The highest BCUT2D eigenvalue weighted by atomic mass is 79.9. The molecule has 3 nitrogen and oxygen atoms in total. The van der Waals surface area contributed by atoms with Gasteiger partial charge in [-0.3, -0.25) is 0 Å². The first-order chi connectivity index (χ1) is 7.54. The van der Waals surface area contributed by atoms with Crippen molar-refractivity contribution < 1.29 is 4.39 Å². The molecular weight excluding hydrogens is 273 g/mol. The second-order valence-corrected chi connectivity index (χ2v) is 4.56. The fraction of sp³-hybridized carbons (Fsp3) is 0.273. The first-order valence-electron chi connectivity index (χ1n) is 4.87. The van der Waals surface area contributed by atoms with Crippen LogP contribution in [0.3, 0.4) is 0 Å². The second kappa shape index (κ2) is 4.33. The van der Waals surface area contributed by atoms with E-state index in [1.807, 2.05) is 19.9 Å². The maximum atomic E-state index is 13.2. The van der Waals surface area contributed by atoms with Gasteiger partial charge in [0, 0.05) is 4.47 Å². The summed E-state index contributed by atoms with van der Waals surface area (Å²) < 4.78 is 15.7. The van der Waals surface area contributed by atoms with Crippen molar-refractivity contribution in [3.63, 3.8) is 0 Å². The van der Waals surface area contributed by atoms with Crippen molar-refractivity contribution in [1.82, 2.24) is 14.8 Å². The van der Waals surface area contributed by atoms with Crippen LogP contribution < -0.4 is 0 Å². The van der Waals surface area contributed by atoms with E-state index in [9.17, 15) is 4.39 Å². The van der Waals surface area contributed by atoms with Gasteiger partial charge < -0.3 is 0 Å². The van der Waals surface area contributed by atoms with Gasteiger partial charge in [0.15, 0.2) is 0 Å². The topological polar surface area (TPSA) is 30.7 Å². The van der Waals surface area contributed by atoms with E-state index in [1.54, 1.807) is 4.68 Å². The average molecular weight is 284 g/mol. The lowest BCUT2D eigenvalue weighted by Gasteiger charge is -2.04. The maximum absolute atomic E-state index is 13.2. The molecule has 84 valence electrons. The maximum Gasteiger partial charge on any atom is 0.147 e. The molecule has 1 aromatic carbocycles. The smallest absolute Gasteiger partial charge is 0.147 e. The summed E-state index contributed by atoms with van der Waals surface area (Å²) in [5.41, 5.74) is 0.861. The Balaban J connectivity index is 2.30. The molecule has 2 aromatic rings. The number of rotatable bonds is 2. The molecule has 0 saturated carbocycles. The van der Waals surface area contributed by atoms with E-state index in [-0.39, 0.29) is 5.82 Å². The average Bonchev–Trinajstić information content (AvgIpc) is 2.43. The lowest BCUT2D eigenvalue weighted by atomic mass is 10.2. The van der Waals surface area contributed by atoms with Gasteiger partial charge in [0.25, 0.3) is 0 Å². The van der Waals surface area contributed by atoms with Gasteiger partial charge in [0.2, 0.25) is 0 Å². The van der Waals surface area contributed by atoms with Gasteiger partial charge in [-0.15, -0.1) is 0 Å². The van der Waals surface area contributed by atoms with Gasteiger partial charge >= 0.3 is 0 Å². The zero-order valence-electron chi connectivity index (χ0n) is 9.04. The summed E-state index contributed by atoms with van der Waals surface area (Å²) in [4.78, 5) is 4.20. The summed E-state index contributed by atoms with van der Waals surface area (Å²) in [5.74, 6) is 1.31.